The SMILES string of the molecule is CC(C)CCc1ccn(CCC(C)C)n1.CC(C)CCc1cnn(CCC(C)C)c1.CC(C)Cc1ccn(CC(C)C)n1.CC(C)Cc1cn(CC(C)C)nn1. The fourth-order valence-electron chi connectivity index (χ4n) is 5.71. The molecule has 0 bridgehead atoms. The van der Waals surface area contributed by atoms with Gasteiger partial charge in [0.25, 0.3) is 0 Å². The van der Waals surface area contributed by atoms with E-state index in [4.69, 9.17) is 0 Å². The summed E-state index contributed by atoms with van der Waals surface area (Å²) in [6, 6.07) is 4.28. The largest absolute Gasteiger partial charge is 0.272 e. The van der Waals surface area contributed by atoms with Crippen molar-refractivity contribution in [2.75, 3.05) is 0 Å². The molecule has 0 spiro atoms. The second kappa shape index (κ2) is 28.2. The van der Waals surface area contributed by atoms with Gasteiger partial charge in [-0.3, -0.25) is 18.7 Å². The summed E-state index contributed by atoms with van der Waals surface area (Å²) in [5, 5.41) is 21.7. The highest BCUT2D eigenvalue weighted by atomic mass is 15.4. The molecule has 320 valence electrons. The molecule has 4 rings (SSSR count). The van der Waals surface area contributed by atoms with Crippen LogP contribution < -0.4 is 0 Å². The fourth-order valence-corrected chi connectivity index (χ4v) is 5.71. The zero-order valence-corrected chi connectivity index (χ0v) is 39.2. The first-order chi connectivity index (χ1) is 26.3. The number of hydrogen-bond donors (Lipinski definition) is 0. The van der Waals surface area contributed by atoms with Crippen molar-refractivity contribution in [3.05, 3.63) is 65.8 Å². The lowest BCUT2D eigenvalue weighted by molar-refractivity contribution is 0.472. The Balaban J connectivity index is 0.000000374. The van der Waals surface area contributed by atoms with Gasteiger partial charge in [0, 0.05) is 51.0 Å². The van der Waals surface area contributed by atoms with Crippen molar-refractivity contribution in [1.29, 1.82) is 0 Å². The molecular formula is C47H87N9. The van der Waals surface area contributed by atoms with Crippen LogP contribution in [-0.4, -0.2) is 44.3 Å². The summed E-state index contributed by atoms with van der Waals surface area (Å²) < 4.78 is 8.14. The molecule has 4 aromatic rings. The molecule has 0 saturated carbocycles. The van der Waals surface area contributed by atoms with Crippen LogP contribution in [0.15, 0.2) is 43.1 Å². The van der Waals surface area contributed by atoms with Gasteiger partial charge in [-0.15, -0.1) is 5.10 Å². The van der Waals surface area contributed by atoms with E-state index in [-0.39, 0.29) is 0 Å². The lowest BCUT2D eigenvalue weighted by atomic mass is 10.1. The van der Waals surface area contributed by atoms with E-state index in [1.54, 1.807) is 0 Å². The van der Waals surface area contributed by atoms with Gasteiger partial charge in [-0.2, -0.15) is 15.3 Å². The summed E-state index contributed by atoms with van der Waals surface area (Å²) in [6.07, 6.45) is 19.8. The minimum Gasteiger partial charge on any atom is -0.272 e. The second-order valence-corrected chi connectivity index (χ2v) is 19.4. The molecule has 0 radical (unpaired) electrons. The molecule has 0 aliphatic rings. The zero-order chi connectivity index (χ0) is 42.2. The van der Waals surface area contributed by atoms with Crippen LogP contribution in [0.3, 0.4) is 0 Å². The molecule has 0 amide bonds. The molecule has 9 nitrogen and oxygen atoms in total. The smallest absolute Gasteiger partial charge is 0.0829 e. The van der Waals surface area contributed by atoms with E-state index in [0.717, 1.165) is 74.8 Å². The Morgan fingerprint density at radius 2 is 0.929 bits per heavy atom. The third-order valence-electron chi connectivity index (χ3n) is 8.86. The number of nitrogens with zero attached hydrogens (tertiary/aromatic N) is 9. The highest BCUT2D eigenvalue weighted by Gasteiger charge is 2.06. The van der Waals surface area contributed by atoms with Crippen molar-refractivity contribution in [2.24, 2.45) is 47.3 Å². The predicted octanol–water partition coefficient (Wildman–Crippen LogP) is 11.9. The molecule has 56 heavy (non-hydrogen) atoms. The van der Waals surface area contributed by atoms with Crippen molar-refractivity contribution in [3.63, 3.8) is 0 Å². The van der Waals surface area contributed by atoms with Crippen LogP contribution in [-0.2, 0) is 51.9 Å². The maximum absolute atomic E-state index is 4.57. The minimum atomic E-state index is 0.633. The van der Waals surface area contributed by atoms with Gasteiger partial charge in [0.1, 0.15) is 0 Å². The first-order valence-corrected chi connectivity index (χ1v) is 22.3. The maximum atomic E-state index is 4.57. The molecule has 9 heteroatoms. The molecule has 4 aromatic heterocycles. The Morgan fingerprint density at radius 3 is 1.48 bits per heavy atom. The topological polar surface area (TPSA) is 84.2 Å². The highest BCUT2D eigenvalue weighted by Crippen LogP contribution is 2.11. The van der Waals surface area contributed by atoms with Gasteiger partial charge < -0.3 is 0 Å². The van der Waals surface area contributed by atoms with Gasteiger partial charge in [0.15, 0.2) is 0 Å². The second-order valence-electron chi connectivity index (χ2n) is 19.4. The monoisotopic (exact) mass is 778 g/mol. The molecule has 0 aliphatic heterocycles. The number of aromatic nitrogens is 9. The van der Waals surface area contributed by atoms with Crippen molar-refractivity contribution < 1.29 is 0 Å². The Hall–Kier alpha value is -3.23. The average molecular weight is 778 g/mol. The summed E-state index contributed by atoms with van der Waals surface area (Å²) in [7, 11) is 0. The molecule has 0 saturated heterocycles. The van der Waals surface area contributed by atoms with Crippen molar-refractivity contribution >= 4 is 0 Å². The van der Waals surface area contributed by atoms with E-state index in [1.165, 1.54) is 49.1 Å². The van der Waals surface area contributed by atoms with Crippen LogP contribution in [0.4, 0.5) is 0 Å². The van der Waals surface area contributed by atoms with Crippen LogP contribution >= 0.6 is 0 Å². The summed E-state index contributed by atoms with van der Waals surface area (Å²) in [5.74, 6) is 5.73. The van der Waals surface area contributed by atoms with Crippen molar-refractivity contribution in [3.8, 4) is 0 Å². The number of rotatable bonds is 20. The van der Waals surface area contributed by atoms with Crippen LogP contribution in [0, 0.1) is 47.3 Å². The third-order valence-corrected chi connectivity index (χ3v) is 8.86. The maximum Gasteiger partial charge on any atom is 0.0829 e. The standard InChI is InChI=1S/2C13H24N2.C11H20N2.C10H19N3/c1-11(2)5-6-13-8-10-15(14-13)9-7-12(3)4;1-11(2)5-6-13-9-14-15(10-13)8-7-12(3)4;1-9(2)7-11-5-6-13(12-11)8-10(3)4;1-8(2)5-10-7-13(12-11-10)6-9(3)4/h8,10-12H,5-7,9H2,1-4H3;9-12H,5-8H2,1-4H3;5-6,9-10H,7-8H2,1-4H3;7-9H,5-6H2,1-4H3. The first kappa shape index (κ1) is 50.8. The Kier molecular flexibility index (Phi) is 25.6. The van der Waals surface area contributed by atoms with Crippen LogP contribution in [0.2, 0.25) is 0 Å². The number of aryl methyl sites for hydroxylation is 4. The van der Waals surface area contributed by atoms with Gasteiger partial charge in [-0.05, 0) is 116 Å². The quantitative estimate of drug-likeness (QED) is 0.0892. The average Bonchev–Trinajstić information content (AvgIpc) is 3.90. The van der Waals surface area contributed by atoms with Crippen LogP contribution in [0.25, 0.3) is 0 Å². The normalized spacial score (nSPS) is 11.6. The van der Waals surface area contributed by atoms with Gasteiger partial charge in [0.05, 0.1) is 23.3 Å². The summed E-state index contributed by atoms with van der Waals surface area (Å²) >= 11 is 0. The predicted molar refractivity (Wildman–Crippen MR) is 239 cm³/mol. The minimum absolute atomic E-state index is 0.633. The van der Waals surface area contributed by atoms with E-state index >= 15 is 0 Å². The summed E-state index contributed by atoms with van der Waals surface area (Å²) in [5.41, 5.74) is 4.95. The van der Waals surface area contributed by atoms with Gasteiger partial charge >= 0.3 is 0 Å². The molecule has 0 aromatic carbocycles. The number of hydrogen-bond acceptors (Lipinski definition) is 5. The molecule has 0 unspecified atom stereocenters. The lowest BCUT2D eigenvalue weighted by Gasteiger charge is -2.04. The van der Waals surface area contributed by atoms with E-state index in [2.05, 4.69) is 183 Å². The van der Waals surface area contributed by atoms with Crippen molar-refractivity contribution in [1.82, 2.24) is 44.3 Å². The fraction of sp³-hybridized carbons (Fsp3) is 0.766. The lowest BCUT2D eigenvalue weighted by Crippen LogP contribution is -2.05. The Bertz CT molecular complexity index is 1280. The van der Waals surface area contributed by atoms with E-state index in [9.17, 15) is 0 Å². The van der Waals surface area contributed by atoms with Gasteiger partial charge in [0.2, 0.25) is 0 Å². The Labute approximate surface area is 344 Å². The highest BCUT2D eigenvalue weighted by molar-refractivity contribution is 5.04. The summed E-state index contributed by atoms with van der Waals surface area (Å²) in [4.78, 5) is 0. The van der Waals surface area contributed by atoms with E-state index < -0.39 is 0 Å². The van der Waals surface area contributed by atoms with E-state index in [1.807, 2.05) is 15.6 Å². The first-order valence-electron chi connectivity index (χ1n) is 22.3. The Morgan fingerprint density at radius 1 is 0.446 bits per heavy atom. The third kappa shape index (κ3) is 26.6. The molecule has 0 fully saturated rings. The van der Waals surface area contributed by atoms with Crippen LogP contribution in [0.5, 0.6) is 0 Å². The summed E-state index contributed by atoms with van der Waals surface area (Å²) in [6.45, 7) is 39.8. The van der Waals surface area contributed by atoms with Crippen LogP contribution in [0.1, 0.15) is 159 Å². The van der Waals surface area contributed by atoms with Crippen molar-refractivity contribution in [2.45, 2.75) is 188 Å². The molecule has 0 N–H and O–H groups in total. The zero-order valence-electron chi connectivity index (χ0n) is 39.2. The molecular weight excluding hydrogens is 691 g/mol. The van der Waals surface area contributed by atoms with Gasteiger partial charge in [-0.25, -0.2) is 0 Å². The molecule has 0 aliphatic carbocycles. The van der Waals surface area contributed by atoms with E-state index in [0.29, 0.717) is 23.7 Å². The van der Waals surface area contributed by atoms with Gasteiger partial charge in [-0.1, -0.05) is 116 Å². The molecule has 4 heterocycles. The molecule has 0 atom stereocenters.